The van der Waals surface area contributed by atoms with E-state index in [1.807, 2.05) is 45.0 Å². The van der Waals surface area contributed by atoms with Crippen molar-refractivity contribution in [3.05, 3.63) is 50.9 Å². The maximum absolute atomic E-state index is 12.2. The molecule has 8 heteroatoms. The molecule has 1 aromatic carbocycles. The van der Waals surface area contributed by atoms with Crippen molar-refractivity contribution in [1.29, 1.82) is 0 Å². The van der Waals surface area contributed by atoms with Crippen LogP contribution in [0.1, 0.15) is 42.8 Å². The maximum Gasteiger partial charge on any atom is 0.308 e. The fourth-order valence-electron chi connectivity index (χ4n) is 2.83. The van der Waals surface area contributed by atoms with Crippen molar-refractivity contribution in [3.8, 4) is 5.75 Å². The predicted molar refractivity (Wildman–Crippen MR) is 104 cm³/mol. The average Bonchev–Trinajstić information content (AvgIpc) is 2.93. The second-order valence-corrected chi connectivity index (χ2v) is 7.36. The van der Waals surface area contributed by atoms with E-state index in [9.17, 15) is 9.59 Å². The van der Waals surface area contributed by atoms with E-state index < -0.39 is 5.97 Å². The largest absolute Gasteiger partial charge is 0.484 e. The Balaban J connectivity index is 1.93. The van der Waals surface area contributed by atoms with Crippen molar-refractivity contribution in [2.45, 2.75) is 46.3 Å². The van der Waals surface area contributed by atoms with Crippen LogP contribution in [0.2, 0.25) is 0 Å². The molecule has 2 heterocycles. The first kappa shape index (κ1) is 19.0. The lowest BCUT2D eigenvalue weighted by Crippen LogP contribution is -2.15. The first-order valence-electron chi connectivity index (χ1n) is 8.71. The summed E-state index contributed by atoms with van der Waals surface area (Å²) in [6, 6.07) is 7.53. The zero-order valence-electron chi connectivity index (χ0n) is 15.4. The SMILES string of the molecule is CC[C@@H](Oc1cc2sc(=O)n(CCC(=O)O)c2cc1C)c1ccc(C)nn1. The summed E-state index contributed by atoms with van der Waals surface area (Å²) in [5.74, 6) is -0.244. The van der Waals surface area contributed by atoms with Gasteiger partial charge in [-0.2, -0.15) is 10.2 Å². The summed E-state index contributed by atoms with van der Waals surface area (Å²) in [5.41, 5.74) is 3.22. The summed E-state index contributed by atoms with van der Waals surface area (Å²) in [6.07, 6.45) is 0.401. The number of thiazole rings is 1. The van der Waals surface area contributed by atoms with Crippen molar-refractivity contribution >= 4 is 27.5 Å². The number of hydrogen-bond acceptors (Lipinski definition) is 6. The van der Waals surface area contributed by atoms with Crippen LogP contribution < -0.4 is 9.61 Å². The van der Waals surface area contributed by atoms with Gasteiger partial charge >= 0.3 is 10.8 Å². The highest BCUT2D eigenvalue weighted by Crippen LogP contribution is 2.31. The van der Waals surface area contributed by atoms with E-state index >= 15 is 0 Å². The lowest BCUT2D eigenvalue weighted by atomic mass is 10.1. The topological polar surface area (TPSA) is 94.3 Å². The normalized spacial score (nSPS) is 12.3. The molecule has 0 bridgehead atoms. The highest BCUT2D eigenvalue weighted by atomic mass is 32.1. The van der Waals surface area contributed by atoms with E-state index in [0.717, 1.165) is 44.9 Å². The van der Waals surface area contributed by atoms with Crippen LogP contribution in [0.4, 0.5) is 0 Å². The number of hydrogen-bond donors (Lipinski definition) is 1. The van der Waals surface area contributed by atoms with Crippen LogP contribution in [0.25, 0.3) is 10.2 Å². The molecular formula is C19H21N3O4S. The fourth-order valence-corrected chi connectivity index (χ4v) is 3.76. The molecule has 1 atom stereocenters. The first-order chi connectivity index (χ1) is 12.9. The standard InChI is InChI=1S/C19H21N3O4S/c1-4-15(13-6-5-12(3)20-21-13)26-16-10-17-14(9-11(16)2)22(19(25)27-17)8-7-18(23)24/h5-6,9-10,15H,4,7-8H2,1-3H3,(H,23,24)/t15-/m1/s1. The third kappa shape index (κ3) is 4.16. The molecule has 0 aliphatic carbocycles. The Morgan fingerprint density at radius 2 is 2.07 bits per heavy atom. The van der Waals surface area contributed by atoms with Gasteiger partial charge in [-0.05, 0) is 50.1 Å². The summed E-state index contributed by atoms with van der Waals surface area (Å²) in [4.78, 5) is 22.9. The third-order valence-corrected chi connectivity index (χ3v) is 5.24. The number of fused-ring (bicyclic) bond motifs is 1. The van der Waals surface area contributed by atoms with Crippen LogP contribution >= 0.6 is 11.3 Å². The molecule has 27 heavy (non-hydrogen) atoms. The number of nitrogens with zero attached hydrogens (tertiary/aromatic N) is 3. The van der Waals surface area contributed by atoms with E-state index in [1.54, 1.807) is 0 Å². The fraction of sp³-hybridized carbons (Fsp3) is 0.368. The van der Waals surface area contributed by atoms with Gasteiger partial charge in [-0.1, -0.05) is 18.3 Å². The van der Waals surface area contributed by atoms with Gasteiger partial charge in [0.2, 0.25) is 0 Å². The molecule has 0 radical (unpaired) electrons. The zero-order valence-corrected chi connectivity index (χ0v) is 16.2. The monoisotopic (exact) mass is 387 g/mol. The molecule has 0 saturated heterocycles. The van der Waals surface area contributed by atoms with Gasteiger partial charge in [-0.25, -0.2) is 0 Å². The van der Waals surface area contributed by atoms with Gasteiger partial charge < -0.3 is 9.84 Å². The van der Waals surface area contributed by atoms with Crippen LogP contribution in [-0.4, -0.2) is 25.8 Å². The van der Waals surface area contributed by atoms with E-state index in [1.165, 1.54) is 4.57 Å². The van der Waals surface area contributed by atoms with Gasteiger partial charge in [0.1, 0.15) is 17.5 Å². The van der Waals surface area contributed by atoms with Crippen LogP contribution in [-0.2, 0) is 11.3 Å². The molecule has 2 aromatic heterocycles. The minimum absolute atomic E-state index is 0.0902. The Kier molecular flexibility index (Phi) is 5.55. The molecule has 1 N–H and O–H groups in total. The number of aromatic nitrogens is 3. The van der Waals surface area contributed by atoms with Gasteiger partial charge in [0, 0.05) is 6.54 Å². The highest BCUT2D eigenvalue weighted by Gasteiger charge is 2.17. The number of benzene rings is 1. The van der Waals surface area contributed by atoms with Gasteiger partial charge in [-0.3, -0.25) is 14.2 Å². The van der Waals surface area contributed by atoms with E-state index in [-0.39, 0.29) is 23.9 Å². The van der Waals surface area contributed by atoms with Crippen molar-refractivity contribution < 1.29 is 14.6 Å². The van der Waals surface area contributed by atoms with E-state index in [0.29, 0.717) is 5.75 Å². The molecule has 0 aliphatic rings. The molecule has 0 aliphatic heterocycles. The predicted octanol–water partition coefficient (Wildman–Crippen LogP) is 3.47. The number of rotatable bonds is 7. The summed E-state index contributed by atoms with van der Waals surface area (Å²) in [6.45, 7) is 5.96. The second kappa shape index (κ2) is 7.87. The number of aliphatic carboxylic acids is 1. The molecule has 3 aromatic rings. The average molecular weight is 387 g/mol. The number of aryl methyl sites for hydroxylation is 3. The zero-order chi connectivity index (χ0) is 19.6. The molecule has 0 spiro atoms. The summed E-state index contributed by atoms with van der Waals surface area (Å²) in [5, 5.41) is 17.2. The lowest BCUT2D eigenvalue weighted by molar-refractivity contribution is -0.137. The first-order valence-corrected chi connectivity index (χ1v) is 9.53. The van der Waals surface area contributed by atoms with Crippen molar-refractivity contribution in [3.63, 3.8) is 0 Å². The van der Waals surface area contributed by atoms with Crippen LogP contribution in [0.15, 0.2) is 29.1 Å². The molecule has 142 valence electrons. The van der Waals surface area contributed by atoms with Crippen LogP contribution in [0, 0.1) is 13.8 Å². The van der Waals surface area contributed by atoms with Gasteiger partial charge in [-0.15, -0.1) is 0 Å². The van der Waals surface area contributed by atoms with Crippen LogP contribution in [0.5, 0.6) is 5.75 Å². The maximum atomic E-state index is 12.2. The summed E-state index contributed by atoms with van der Waals surface area (Å²) >= 11 is 1.09. The van der Waals surface area contributed by atoms with Gasteiger partial charge in [0.05, 0.1) is 22.3 Å². The molecule has 3 rings (SSSR count). The Morgan fingerprint density at radius 3 is 2.70 bits per heavy atom. The Labute approximate surface area is 160 Å². The van der Waals surface area contributed by atoms with Gasteiger partial charge in [0.25, 0.3) is 0 Å². The molecule has 7 nitrogen and oxygen atoms in total. The molecule has 0 amide bonds. The van der Waals surface area contributed by atoms with Gasteiger partial charge in [0.15, 0.2) is 0 Å². The molecular weight excluding hydrogens is 366 g/mol. The Bertz CT molecular complexity index is 1020. The lowest BCUT2D eigenvalue weighted by Gasteiger charge is -2.18. The molecule has 0 unspecified atom stereocenters. The third-order valence-electron chi connectivity index (χ3n) is 4.30. The Morgan fingerprint density at radius 1 is 1.30 bits per heavy atom. The van der Waals surface area contributed by atoms with E-state index in [4.69, 9.17) is 9.84 Å². The van der Waals surface area contributed by atoms with Crippen molar-refractivity contribution in [1.82, 2.24) is 14.8 Å². The molecule has 0 fully saturated rings. The highest BCUT2D eigenvalue weighted by molar-refractivity contribution is 7.16. The minimum atomic E-state index is -0.928. The van der Waals surface area contributed by atoms with E-state index in [2.05, 4.69) is 10.2 Å². The Hall–Kier alpha value is -2.74. The molecule has 0 saturated carbocycles. The summed E-state index contributed by atoms with van der Waals surface area (Å²) in [7, 11) is 0. The van der Waals surface area contributed by atoms with Crippen LogP contribution in [0.3, 0.4) is 0 Å². The number of carboxylic acid groups (broad SMARTS) is 1. The minimum Gasteiger partial charge on any atom is -0.484 e. The number of carboxylic acids is 1. The quantitative estimate of drug-likeness (QED) is 0.667. The second-order valence-electron chi connectivity index (χ2n) is 6.36. The number of carbonyl (C=O) groups is 1. The van der Waals surface area contributed by atoms with Crippen molar-refractivity contribution in [2.75, 3.05) is 0 Å². The smallest absolute Gasteiger partial charge is 0.308 e. The number of ether oxygens (including phenoxy) is 1. The van der Waals surface area contributed by atoms with Crippen molar-refractivity contribution in [2.24, 2.45) is 0 Å². The summed E-state index contributed by atoms with van der Waals surface area (Å²) < 4.78 is 8.46.